The zero-order valence-electron chi connectivity index (χ0n) is 19.5. The molecule has 0 aliphatic rings. The number of aromatic hydroxyl groups is 1. The second-order valence-electron chi connectivity index (χ2n) is 7.34. The molecule has 0 atom stereocenters. The fourth-order valence-electron chi connectivity index (χ4n) is 2.42. The maximum Gasteiger partial charge on any atom is 0.310 e. The van der Waals surface area contributed by atoms with Crippen molar-refractivity contribution in [3.8, 4) is 17.2 Å². The van der Waals surface area contributed by atoms with Crippen LogP contribution in [-0.4, -0.2) is 27.2 Å². The van der Waals surface area contributed by atoms with E-state index in [1.165, 1.54) is 30.3 Å². The van der Waals surface area contributed by atoms with Gasteiger partial charge in [-0.3, -0.25) is 20.2 Å². The van der Waals surface area contributed by atoms with Crippen LogP contribution in [0.1, 0.15) is 27.7 Å². The first-order valence-corrected chi connectivity index (χ1v) is 10.4. The number of phenolic OH excluding ortho intramolecular Hbond substituents is 1. The van der Waals surface area contributed by atoms with Crippen LogP contribution in [0.4, 0.5) is 17.1 Å². The predicted molar refractivity (Wildman–Crippen MR) is 130 cm³/mol. The molecule has 0 aliphatic heterocycles. The highest BCUT2D eigenvalue weighted by Crippen LogP contribution is 2.26. The Labute approximate surface area is 197 Å². The van der Waals surface area contributed by atoms with Gasteiger partial charge in [0.15, 0.2) is 11.5 Å². The molecule has 34 heavy (non-hydrogen) atoms. The Kier molecular flexibility index (Phi) is 11.4. The van der Waals surface area contributed by atoms with Gasteiger partial charge < -0.3 is 20.3 Å². The summed E-state index contributed by atoms with van der Waals surface area (Å²) in [6, 6.07) is 19.4. The highest BCUT2D eigenvalue weighted by atomic mass is 16.6. The largest absolute Gasteiger partial charge is 0.502 e. The van der Waals surface area contributed by atoms with Crippen LogP contribution in [0.25, 0.3) is 0 Å². The molecule has 3 rings (SSSR count). The first-order valence-electron chi connectivity index (χ1n) is 10.4. The maximum absolute atomic E-state index is 10.5. The summed E-state index contributed by atoms with van der Waals surface area (Å²) in [5.41, 5.74) is 6.09. The third kappa shape index (κ3) is 9.86. The molecule has 0 fully saturated rings. The van der Waals surface area contributed by atoms with Crippen LogP contribution in [0.3, 0.4) is 0 Å². The second kappa shape index (κ2) is 13.9. The summed E-state index contributed by atoms with van der Waals surface area (Å²) in [5, 5.41) is 29.4. The number of hydrogen-bond acceptors (Lipinski definition) is 8. The van der Waals surface area contributed by atoms with Crippen molar-refractivity contribution < 1.29 is 24.4 Å². The number of rotatable bonds is 6. The number of hydrogen-bond donors (Lipinski definition) is 2. The molecule has 3 aromatic carbocycles. The lowest BCUT2D eigenvalue weighted by atomic mass is 10.3. The standard InChI is InChI=1S/C9H11NO3.C9H13NO.C6H5NO3/c1-7(2)13-9-6-4-3-5-8(9)10(11)12;1-7(2)11-9-6-4-3-5-8(9)10;8-6-4-2-1-3-5(6)7(9)10/h3-7H,1-2H3;3-7H,10H2,1-2H3;1-4,8H. The van der Waals surface area contributed by atoms with Crippen LogP contribution >= 0.6 is 0 Å². The Morgan fingerprint density at radius 2 is 1.12 bits per heavy atom. The van der Waals surface area contributed by atoms with Crippen LogP contribution in [-0.2, 0) is 0 Å². The minimum atomic E-state index is -0.630. The van der Waals surface area contributed by atoms with Gasteiger partial charge in [-0.2, -0.15) is 0 Å². The highest BCUT2D eigenvalue weighted by molar-refractivity contribution is 5.51. The van der Waals surface area contributed by atoms with Gasteiger partial charge in [0, 0.05) is 12.1 Å². The number of anilines is 1. The molecule has 0 saturated heterocycles. The first kappa shape index (κ1) is 27.7. The molecule has 3 aromatic rings. The van der Waals surface area contributed by atoms with Crippen LogP contribution < -0.4 is 15.2 Å². The van der Waals surface area contributed by atoms with Crippen LogP contribution in [0.2, 0.25) is 0 Å². The molecule has 10 nitrogen and oxygen atoms in total. The van der Waals surface area contributed by atoms with E-state index in [2.05, 4.69) is 0 Å². The zero-order valence-corrected chi connectivity index (χ0v) is 19.5. The quantitative estimate of drug-likeness (QED) is 0.262. The van der Waals surface area contributed by atoms with Crippen molar-refractivity contribution in [2.45, 2.75) is 39.9 Å². The van der Waals surface area contributed by atoms with Crippen molar-refractivity contribution in [1.82, 2.24) is 0 Å². The first-order chi connectivity index (χ1) is 16.0. The Bertz CT molecular complexity index is 1070. The number of nitrogens with zero attached hydrogens (tertiary/aromatic N) is 2. The van der Waals surface area contributed by atoms with Gasteiger partial charge in [-0.05, 0) is 52.0 Å². The van der Waals surface area contributed by atoms with Gasteiger partial charge in [0.05, 0.1) is 27.7 Å². The topological polar surface area (TPSA) is 151 Å². The summed E-state index contributed by atoms with van der Waals surface area (Å²) >= 11 is 0. The molecule has 0 spiro atoms. The van der Waals surface area contributed by atoms with Gasteiger partial charge in [0.1, 0.15) is 5.75 Å². The molecule has 0 amide bonds. The maximum atomic E-state index is 10.5. The molecule has 0 radical (unpaired) electrons. The van der Waals surface area contributed by atoms with Gasteiger partial charge in [-0.15, -0.1) is 0 Å². The van der Waals surface area contributed by atoms with Crippen molar-refractivity contribution in [1.29, 1.82) is 0 Å². The molecular weight excluding hydrogens is 442 g/mol. The van der Waals surface area contributed by atoms with E-state index in [0.29, 0.717) is 11.4 Å². The fraction of sp³-hybridized carbons (Fsp3) is 0.250. The van der Waals surface area contributed by atoms with E-state index in [4.69, 9.17) is 20.3 Å². The molecule has 0 bridgehead atoms. The van der Waals surface area contributed by atoms with Crippen LogP contribution in [0.15, 0.2) is 72.8 Å². The average molecular weight is 472 g/mol. The SMILES string of the molecule is CC(C)Oc1ccccc1N.CC(C)Oc1ccccc1[N+](=O)[O-].O=[N+]([O-])c1ccccc1O. The Balaban J connectivity index is 0.000000257. The van der Waals surface area contributed by atoms with E-state index < -0.39 is 9.85 Å². The number of nitro benzene ring substituents is 2. The van der Waals surface area contributed by atoms with E-state index in [1.807, 2.05) is 52.0 Å². The summed E-state index contributed by atoms with van der Waals surface area (Å²) in [6.07, 6.45) is 0.126. The Hall–Kier alpha value is -4.34. The van der Waals surface area contributed by atoms with Crippen molar-refractivity contribution in [2.24, 2.45) is 0 Å². The van der Waals surface area contributed by atoms with Crippen LogP contribution in [0.5, 0.6) is 17.2 Å². The normalized spacial score (nSPS) is 9.82. The summed E-state index contributed by atoms with van der Waals surface area (Å²) < 4.78 is 10.7. The van der Waals surface area contributed by atoms with Gasteiger partial charge in [0.2, 0.25) is 0 Å². The minimum Gasteiger partial charge on any atom is -0.502 e. The smallest absolute Gasteiger partial charge is 0.310 e. The molecule has 0 unspecified atom stereocenters. The third-order valence-electron chi connectivity index (χ3n) is 3.78. The number of benzene rings is 3. The van der Waals surface area contributed by atoms with E-state index in [1.54, 1.807) is 18.2 Å². The van der Waals surface area contributed by atoms with Crippen molar-refractivity contribution in [3.05, 3.63) is 93.0 Å². The van der Waals surface area contributed by atoms with E-state index in [9.17, 15) is 20.2 Å². The number of ether oxygens (including phenoxy) is 2. The van der Waals surface area contributed by atoms with E-state index in [0.717, 1.165) is 5.75 Å². The predicted octanol–water partition coefficient (Wildman–Crippen LogP) is 5.74. The summed E-state index contributed by atoms with van der Waals surface area (Å²) in [7, 11) is 0. The second-order valence-corrected chi connectivity index (χ2v) is 7.34. The van der Waals surface area contributed by atoms with Gasteiger partial charge >= 0.3 is 11.4 Å². The lowest BCUT2D eigenvalue weighted by molar-refractivity contribution is -0.386. The van der Waals surface area contributed by atoms with Gasteiger partial charge in [-0.25, -0.2) is 0 Å². The monoisotopic (exact) mass is 471 g/mol. The zero-order chi connectivity index (χ0) is 25.7. The Morgan fingerprint density at radius 1 is 0.706 bits per heavy atom. The van der Waals surface area contributed by atoms with Gasteiger partial charge in [0.25, 0.3) is 0 Å². The van der Waals surface area contributed by atoms with Crippen LogP contribution in [0, 0.1) is 20.2 Å². The average Bonchev–Trinajstić information content (AvgIpc) is 2.76. The molecule has 0 heterocycles. The lowest BCUT2D eigenvalue weighted by Gasteiger charge is -2.10. The number of nitro groups is 2. The molecule has 10 heteroatoms. The minimum absolute atomic E-state index is 0.0104. The lowest BCUT2D eigenvalue weighted by Crippen LogP contribution is -2.07. The third-order valence-corrected chi connectivity index (χ3v) is 3.78. The molecule has 0 aliphatic carbocycles. The molecule has 0 saturated carbocycles. The molecule has 182 valence electrons. The van der Waals surface area contributed by atoms with Crippen molar-refractivity contribution >= 4 is 17.1 Å². The number of phenols is 1. The van der Waals surface area contributed by atoms with Gasteiger partial charge in [-0.1, -0.05) is 36.4 Å². The molecular formula is C24H29N3O7. The Morgan fingerprint density at radius 3 is 1.56 bits per heavy atom. The summed E-state index contributed by atoms with van der Waals surface area (Å²) in [5.74, 6) is 0.789. The number of nitrogens with two attached hydrogens (primary N) is 1. The molecule has 0 aromatic heterocycles. The van der Waals surface area contributed by atoms with Crippen molar-refractivity contribution in [2.75, 3.05) is 5.73 Å². The number of para-hydroxylation sites is 6. The summed E-state index contributed by atoms with van der Waals surface area (Å²) in [6.45, 7) is 7.62. The fourth-order valence-corrected chi connectivity index (χ4v) is 2.42. The summed E-state index contributed by atoms with van der Waals surface area (Å²) in [4.78, 5) is 19.5. The van der Waals surface area contributed by atoms with E-state index in [-0.39, 0.29) is 29.3 Å². The molecule has 3 N–H and O–H groups in total. The highest BCUT2D eigenvalue weighted by Gasteiger charge is 2.14. The number of nitrogen functional groups attached to an aromatic ring is 1. The van der Waals surface area contributed by atoms with E-state index >= 15 is 0 Å². The van der Waals surface area contributed by atoms with Crippen molar-refractivity contribution in [3.63, 3.8) is 0 Å².